The molecule has 1 aliphatic carbocycles. The number of fused-ring (bicyclic) bond motifs is 1. The molecule has 1 amide bonds. The maximum atomic E-state index is 12.8. The standard InChI is InChI=1S/C21H25N5O2/c1-14-8-9-17(10-15(14)2)26-20-18(12-23-26)21(28)25(13-22-20)24-19(27)11-16-6-4-3-5-7-16/h8-10,12-13,16H,3-7,11H2,1-2H3,(H,24,27). The van der Waals surface area contributed by atoms with Gasteiger partial charge in [-0.2, -0.15) is 5.10 Å². The number of carbonyl (C=O) groups excluding carboxylic acids is 1. The van der Waals surface area contributed by atoms with E-state index in [1.165, 1.54) is 42.0 Å². The van der Waals surface area contributed by atoms with Crippen molar-refractivity contribution in [2.45, 2.75) is 52.4 Å². The van der Waals surface area contributed by atoms with E-state index in [-0.39, 0.29) is 11.5 Å². The molecule has 0 aliphatic heterocycles. The summed E-state index contributed by atoms with van der Waals surface area (Å²) in [5.74, 6) is 0.269. The summed E-state index contributed by atoms with van der Waals surface area (Å²) in [5.41, 5.74) is 6.02. The maximum absolute atomic E-state index is 12.8. The number of amides is 1. The smallest absolute Gasteiger partial charge is 0.273 e. The van der Waals surface area contributed by atoms with Gasteiger partial charge in [-0.3, -0.25) is 15.0 Å². The molecule has 2 aromatic heterocycles. The summed E-state index contributed by atoms with van der Waals surface area (Å²) in [6.07, 6.45) is 9.11. The van der Waals surface area contributed by atoms with Crippen LogP contribution in [0.25, 0.3) is 16.7 Å². The average Bonchev–Trinajstić information content (AvgIpc) is 3.12. The first kappa shape index (κ1) is 18.4. The first-order chi connectivity index (χ1) is 13.5. The number of hydrogen-bond donors (Lipinski definition) is 1. The molecule has 0 spiro atoms. The Morgan fingerprint density at radius 3 is 2.71 bits per heavy atom. The van der Waals surface area contributed by atoms with Gasteiger partial charge in [-0.25, -0.2) is 14.3 Å². The first-order valence-corrected chi connectivity index (χ1v) is 9.86. The predicted octanol–water partition coefficient (Wildman–Crippen LogP) is 3.24. The lowest BCUT2D eigenvalue weighted by atomic mass is 9.87. The first-order valence-electron chi connectivity index (χ1n) is 9.86. The molecule has 146 valence electrons. The van der Waals surface area contributed by atoms with Gasteiger partial charge in [0.05, 0.1) is 11.9 Å². The van der Waals surface area contributed by atoms with Crippen LogP contribution in [-0.4, -0.2) is 25.3 Å². The van der Waals surface area contributed by atoms with E-state index in [0.717, 1.165) is 24.1 Å². The molecule has 0 unspecified atom stereocenters. The maximum Gasteiger partial charge on any atom is 0.283 e. The Labute approximate surface area is 163 Å². The fourth-order valence-corrected chi connectivity index (χ4v) is 3.87. The van der Waals surface area contributed by atoms with Crippen LogP contribution in [0.3, 0.4) is 0 Å². The molecular weight excluding hydrogens is 354 g/mol. The van der Waals surface area contributed by atoms with Gasteiger partial charge in [-0.15, -0.1) is 0 Å². The summed E-state index contributed by atoms with van der Waals surface area (Å²) < 4.78 is 2.82. The summed E-state index contributed by atoms with van der Waals surface area (Å²) in [6, 6.07) is 5.99. The normalized spacial score (nSPS) is 15.1. The molecule has 1 N–H and O–H groups in total. The van der Waals surface area contributed by atoms with Crippen LogP contribution in [0, 0.1) is 19.8 Å². The highest BCUT2D eigenvalue weighted by Gasteiger charge is 2.18. The van der Waals surface area contributed by atoms with Crippen molar-refractivity contribution in [2.24, 2.45) is 5.92 Å². The third-order valence-corrected chi connectivity index (χ3v) is 5.67. The Kier molecular flexibility index (Phi) is 4.98. The minimum atomic E-state index is -0.322. The highest BCUT2D eigenvalue weighted by molar-refractivity contribution is 5.84. The number of rotatable bonds is 4. The lowest BCUT2D eigenvalue weighted by molar-refractivity contribution is -0.118. The number of aromatic nitrogens is 4. The van der Waals surface area contributed by atoms with E-state index in [1.807, 2.05) is 32.0 Å². The molecule has 0 radical (unpaired) electrons. The van der Waals surface area contributed by atoms with Crippen LogP contribution >= 0.6 is 0 Å². The predicted molar refractivity (Wildman–Crippen MR) is 108 cm³/mol. The fourth-order valence-electron chi connectivity index (χ4n) is 3.87. The van der Waals surface area contributed by atoms with Gasteiger partial charge in [-0.05, 0) is 55.9 Å². The van der Waals surface area contributed by atoms with E-state index in [0.29, 0.717) is 23.4 Å². The molecule has 28 heavy (non-hydrogen) atoms. The number of nitrogens with one attached hydrogen (secondary N) is 1. The molecule has 1 aliphatic rings. The summed E-state index contributed by atoms with van der Waals surface area (Å²) in [5, 5.41) is 4.71. The number of benzene rings is 1. The summed E-state index contributed by atoms with van der Waals surface area (Å²) in [6.45, 7) is 4.08. The quantitative estimate of drug-likeness (QED) is 0.754. The van der Waals surface area contributed by atoms with Crippen molar-refractivity contribution >= 4 is 16.9 Å². The topological polar surface area (TPSA) is 81.8 Å². The van der Waals surface area contributed by atoms with Gasteiger partial charge in [0, 0.05) is 6.42 Å². The molecule has 7 heteroatoms. The second kappa shape index (κ2) is 7.58. The van der Waals surface area contributed by atoms with Crippen LogP contribution in [0.5, 0.6) is 0 Å². The Bertz CT molecular complexity index is 1080. The third kappa shape index (κ3) is 3.56. The number of carbonyl (C=O) groups is 1. The fraction of sp³-hybridized carbons (Fsp3) is 0.429. The molecule has 0 atom stereocenters. The van der Waals surface area contributed by atoms with Gasteiger partial charge in [0.2, 0.25) is 5.91 Å². The Hall–Kier alpha value is -2.96. The Balaban J connectivity index is 1.58. The van der Waals surface area contributed by atoms with Gasteiger partial charge < -0.3 is 0 Å². The molecule has 7 nitrogen and oxygen atoms in total. The van der Waals surface area contributed by atoms with Gasteiger partial charge in [-0.1, -0.05) is 25.3 Å². The minimum absolute atomic E-state index is 0.142. The van der Waals surface area contributed by atoms with E-state index >= 15 is 0 Å². The lowest BCUT2D eigenvalue weighted by Gasteiger charge is -2.20. The zero-order valence-electron chi connectivity index (χ0n) is 16.3. The number of nitrogens with zero attached hydrogens (tertiary/aromatic N) is 4. The van der Waals surface area contributed by atoms with Gasteiger partial charge in [0.15, 0.2) is 5.65 Å². The van der Waals surface area contributed by atoms with Crippen LogP contribution in [0.2, 0.25) is 0 Å². The molecule has 1 aromatic carbocycles. The van der Waals surface area contributed by atoms with E-state index in [4.69, 9.17) is 0 Å². The van der Waals surface area contributed by atoms with Crippen LogP contribution in [0.1, 0.15) is 49.7 Å². The largest absolute Gasteiger partial charge is 0.283 e. The van der Waals surface area contributed by atoms with Crippen LogP contribution < -0.4 is 11.0 Å². The molecular formula is C21H25N5O2. The summed E-state index contributed by atoms with van der Waals surface area (Å²) in [7, 11) is 0. The van der Waals surface area contributed by atoms with E-state index in [9.17, 15) is 9.59 Å². The second-order valence-electron chi connectivity index (χ2n) is 7.73. The third-order valence-electron chi connectivity index (χ3n) is 5.67. The highest BCUT2D eigenvalue weighted by Crippen LogP contribution is 2.26. The van der Waals surface area contributed by atoms with Crippen molar-refractivity contribution in [3.8, 4) is 5.69 Å². The van der Waals surface area contributed by atoms with Gasteiger partial charge >= 0.3 is 0 Å². The van der Waals surface area contributed by atoms with Crippen LogP contribution in [-0.2, 0) is 4.79 Å². The van der Waals surface area contributed by atoms with Crippen molar-refractivity contribution < 1.29 is 4.79 Å². The van der Waals surface area contributed by atoms with Crippen molar-refractivity contribution in [1.29, 1.82) is 0 Å². The SMILES string of the molecule is Cc1ccc(-n2ncc3c(=O)n(NC(=O)CC4CCCCC4)cnc32)cc1C. The summed E-state index contributed by atoms with van der Waals surface area (Å²) in [4.78, 5) is 29.5. The molecule has 1 saturated carbocycles. The van der Waals surface area contributed by atoms with Crippen molar-refractivity contribution in [1.82, 2.24) is 19.4 Å². The van der Waals surface area contributed by atoms with E-state index in [1.54, 1.807) is 4.68 Å². The zero-order valence-corrected chi connectivity index (χ0v) is 16.3. The number of aryl methyl sites for hydroxylation is 2. The van der Waals surface area contributed by atoms with Crippen molar-refractivity contribution in [3.63, 3.8) is 0 Å². The average molecular weight is 379 g/mol. The van der Waals surface area contributed by atoms with E-state index < -0.39 is 0 Å². The minimum Gasteiger partial charge on any atom is -0.273 e. The van der Waals surface area contributed by atoms with Gasteiger partial charge in [0.25, 0.3) is 5.56 Å². The lowest BCUT2D eigenvalue weighted by Crippen LogP contribution is -2.34. The van der Waals surface area contributed by atoms with E-state index in [2.05, 4.69) is 15.5 Å². The molecule has 0 bridgehead atoms. The summed E-state index contributed by atoms with van der Waals surface area (Å²) >= 11 is 0. The molecule has 0 saturated heterocycles. The molecule has 2 heterocycles. The second-order valence-corrected chi connectivity index (χ2v) is 7.73. The molecule has 3 aromatic rings. The highest BCUT2D eigenvalue weighted by atomic mass is 16.2. The van der Waals surface area contributed by atoms with Crippen LogP contribution in [0.4, 0.5) is 0 Å². The zero-order chi connectivity index (χ0) is 19.7. The Morgan fingerprint density at radius 1 is 1.18 bits per heavy atom. The molecule has 4 rings (SSSR count). The van der Waals surface area contributed by atoms with Crippen molar-refractivity contribution in [2.75, 3.05) is 5.43 Å². The molecule has 1 fully saturated rings. The van der Waals surface area contributed by atoms with Crippen LogP contribution in [0.15, 0.2) is 35.5 Å². The van der Waals surface area contributed by atoms with Crippen molar-refractivity contribution in [3.05, 3.63) is 52.2 Å². The van der Waals surface area contributed by atoms with Gasteiger partial charge in [0.1, 0.15) is 11.7 Å². The number of hydrogen-bond acceptors (Lipinski definition) is 4. The Morgan fingerprint density at radius 2 is 1.96 bits per heavy atom. The monoisotopic (exact) mass is 379 g/mol.